The second kappa shape index (κ2) is 6.31. The van der Waals surface area contributed by atoms with Gasteiger partial charge in [0.15, 0.2) is 0 Å². The first-order chi connectivity index (χ1) is 12.1. The van der Waals surface area contributed by atoms with Gasteiger partial charge in [-0.1, -0.05) is 0 Å². The van der Waals surface area contributed by atoms with Gasteiger partial charge in [0.05, 0.1) is 0 Å². The fraction of sp³-hybridized carbons (Fsp3) is 0.250. The lowest BCUT2D eigenvalue weighted by atomic mass is 10.0. The molecule has 1 fully saturated rings. The highest BCUT2D eigenvalue weighted by atomic mass is 19.1. The lowest BCUT2D eigenvalue weighted by Crippen LogP contribution is -2.25. The van der Waals surface area contributed by atoms with Crippen LogP contribution in [0.5, 0.6) is 0 Å². The van der Waals surface area contributed by atoms with Gasteiger partial charge in [-0.05, 0) is 72.9 Å². The number of aromatic nitrogens is 1. The Morgan fingerprint density at radius 3 is 2.52 bits per heavy atom. The molecule has 0 bridgehead atoms. The van der Waals surface area contributed by atoms with Gasteiger partial charge in [0.25, 0.3) is 0 Å². The first kappa shape index (κ1) is 15.8. The van der Waals surface area contributed by atoms with Crippen LogP contribution >= 0.6 is 0 Å². The Morgan fingerprint density at radius 1 is 1.08 bits per heavy atom. The SMILES string of the molecule is O=C(CCc1c(-c2ccc(F)cc2)[nH]c2ccc(F)cc12)NC1CC1. The van der Waals surface area contributed by atoms with Gasteiger partial charge in [-0.3, -0.25) is 4.79 Å². The molecule has 3 nitrogen and oxygen atoms in total. The Balaban J connectivity index is 1.70. The molecule has 0 unspecified atom stereocenters. The van der Waals surface area contributed by atoms with Crippen molar-refractivity contribution < 1.29 is 13.6 Å². The van der Waals surface area contributed by atoms with Crippen LogP contribution < -0.4 is 5.32 Å². The molecule has 1 aliphatic rings. The Kier molecular flexibility index (Phi) is 3.99. The van der Waals surface area contributed by atoms with E-state index in [1.807, 2.05) is 0 Å². The van der Waals surface area contributed by atoms with E-state index in [0.717, 1.165) is 40.6 Å². The van der Waals surface area contributed by atoms with Crippen LogP contribution in [0.25, 0.3) is 22.2 Å². The number of nitrogens with one attached hydrogen (secondary N) is 2. The summed E-state index contributed by atoms with van der Waals surface area (Å²) >= 11 is 0. The molecule has 0 radical (unpaired) electrons. The maximum absolute atomic E-state index is 13.7. The van der Waals surface area contributed by atoms with Crippen LogP contribution in [0.1, 0.15) is 24.8 Å². The highest BCUT2D eigenvalue weighted by Gasteiger charge is 2.23. The largest absolute Gasteiger partial charge is 0.354 e. The van der Waals surface area contributed by atoms with Crippen molar-refractivity contribution in [1.29, 1.82) is 0 Å². The molecule has 2 N–H and O–H groups in total. The topological polar surface area (TPSA) is 44.9 Å². The predicted molar refractivity (Wildman–Crippen MR) is 93.1 cm³/mol. The van der Waals surface area contributed by atoms with Crippen LogP contribution in [0.4, 0.5) is 8.78 Å². The van der Waals surface area contributed by atoms with E-state index in [-0.39, 0.29) is 17.5 Å². The summed E-state index contributed by atoms with van der Waals surface area (Å²) in [6, 6.07) is 11.0. The Hall–Kier alpha value is -2.69. The first-order valence-electron chi connectivity index (χ1n) is 8.45. The van der Waals surface area contributed by atoms with Crippen molar-refractivity contribution in [1.82, 2.24) is 10.3 Å². The number of halogens is 2. The number of benzene rings is 2. The Morgan fingerprint density at radius 2 is 1.80 bits per heavy atom. The highest BCUT2D eigenvalue weighted by Crippen LogP contribution is 2.32. The van der Waals surface area contributed by atoms with E-state index in [4.69, 9.17) is 0 Å². The lowest BCUT2D eigenvalue weighted by Gasteiger charge is -2.06. The number of aromatic amines is 1. The second-order valence-electron chi connectivity index (χ2n) is 6.52. The number of fused-ring (bicyclic) bond motifs is 1. The van der Waals surface area contributed by atoms with Gasteiger partial charge in [-0.2, -0.15) is 0 Å². The standard InChI is InChI=1S/C20H18F2N2O/c21-13-3-1-12(2-4-13)20-16(8-10-19(25)23-15-6-7-15)17-11-14(22)5-9-18(17)24-20/h1-5,9,11,15,24H,6-8,10H2,(H,23,25). The van der Waals surface area contributed by atoms with Gasteiger partial charge in [0, 0.05) is 29.1 Å². The number of aryl methyl sites for hydroxylation is 1. The summed E-state index contributed by atoms with van der Waals surface area (Å²) in [6.07, 6.45) is 2.93. The zero-order valence-electron chi connectivity index (χ0n) is 13.6. The van der Waals surface area contributed by atoms with E-state index in [1.54, 1.807) is 18.2 Å². The van der Waals surface area contributed by atoms with Crippen molar-refractivity contribution in [2.24, 2.45) is 0 Å². The number of carbonyl (C=O) groups is 1. The average Bonchev–Trinajstić information content (AvgIpc) is 3.33. The zero-order chi connectivity index (χ0) is 17.4. The second-order valence-corrected chi connectivity index (χ2v) is 6.52. The van der Waals surface area contributed by atoms with E-state index in [2.05, 4.69) is 10.3 Å². The highest BCUT2D eigenvalue weighted by molar-refractivity contribution is 5.91. The monoisotopic (exact) mass is 340 g/mol. The van der Waals surface area contributed by atoms with Gasteiger partial charge >= 0.3 is 0 Å². The molecule has 1 heterocycles. The van der Waals surface area contributed by atoms with Crippen LogP contribution in [-0.2, 0) is 11.2 Å². The molecule has 25 heavy (non-hydrogen) atoms. The molecule has 0 spiro atoms. The van der Waals surface area contributed by atoms with E-state index in [9.17, 15) is 13.6 Å². The molecule has 1 saturated carbocycles. The quantitative estimate of drug-likeness (QED) is 0.714. The van der Waals surface area contributed by atoms with Gasteiger partial charge in [-0.25, -0.2) is 8.78 Å². The van der Waals surface area contributed by atoms with Gasteiger partial charge in [-0.15, -0.1) is 0 Å². The van der Waals surface area contributed by atoms with Crippen molar-refractivity contribution in [2.45, 2.75) is 31.7 Å². The van der Waals surface area contributed by atoms with Gasteiger partial charge in [0.1, 0.15) is 11.6 Å². The Labute approximate surface area is 144 Å². The Bertz CT molecular complexity index is 927. The summed E-state index contributed by atoms with van der Waals surface area (Å²) in [7, 11) is 0. The van der Waals surface area contributed by atoms with E-state index in [0.29, 0.717) is 18.9 Å². The van der Waals surface area contributed by atoms with Crippen molar-refractivity contribution in [3.63, 3.8) is 0 Å². The molecule has 5 heteroatoms. The zero-order valence-corrected chi connectivity index (χ0v) is 13.6. The van der Waals surface area contributed by atoms with E-state index >= 15 is 0 Å². The molecule has 1 aromatic heterocycles. The van der Waals surface area contributed by atoms with Crippen LogP contribution in [0.2, 0.25) is 0 Å². The molecule has 2 aromatic carbocycles. The normalized spacial score (nSPS) is 14.0. The van der Waals surface area contributed by atoms with Crippen molar-refractivity contribution in [3.8, 4) is 11.3 Å². The number of hydrogen-bond acceptors (Lipinski definition) is 1. The average molecular weight is 340 g/mol. The molecule has 3 aromatic rings. The molecule has 128 valence electrons. The third kappa shape index (κ3) is 3.40. The summed E-state index contributed by atoms with van der Waals surface area (Å²) in [5, 5.41) is 3.73. The molecule has 0 saturated heterocycles. The fourth-order valence-electron chi connectivity index (χ4n) is 3.11. The molecule has 1 amide bonds. The van der Waals surface area contributed by atoms with Crippen molar-refractivity contribution in [2.75, 3.05) is 0 Å². The number of carbonyl (C=O) groups excluding carboxylic acids is 1. The summed E-state index contributed by atoms with van der Waals surface area (Å²) in [4.78, 5) is 15.3. The number of H-pyrrole nitrogens is 1. The molecule has 1 aliphatic carbocycles. The molecule has 4 rings (SSSR count). The molecular formula is C20H18F2N2O. The fourth-order valence-corrected chi connectivity index (χ4v) is 3.11. The number of hydrogen-bond donors (Lipinski definition) is 2. The van der Waals surface area contributed by atoms with Crippen LogP contribution in [0, 0.1) is 11.6 Å². The van der Waals surface area contributed by atoms with E-state index in [1.165, 1.54) is 24.3 Å². The summed E-state index contributed by atoms with van der Waals surface area (Å²) in [6.45, 7) is 0. The summed E-state index contributed by atoms with van der Waals surface area (Å²) < 4.78 is 26.9. The molecule has 0 atom stereocenters. The minimum Gasteiger partial charge on any atom is -0.354 e. The number of amides is 1. The lowest BCUT2D eigenvalue weighted by molar-refractivity contribution is -0.121. The smallest absolute Gasteiger partial charge is 0.220 e. The third-order valence-corrected chi connectivity index (χ3v) is 4.55. The maximum atomic E-state index is 13.7. The molecular weight excluding hydrogens is 322 g/mol. The third-order valence-electron chi connectivity index (χ3n) is 4.55. The first-order valence-corrected chi connectivity index (χ1v) is 8.45. The maximum Gasteiger partial charge on any atom is 0.220 e. The summed E-state index contributed by atoms with van der Waals surface area (Å²) in [5.74, 6) is -0.615. The van der Waals surface area contributed by atoms with Gasteiger partial charge in [0.2, 0.25) is 5.91 Å². The van der Waals surface area contributed by atoms with Crippen LogP contribution in [0.15, 0.2) is 42.5 Å². The van der Waals surface area contributed by atoms with Crippen LogP contribution in [-0.4, -0.2) is 16.9 Å². The summed E-state index contributed by atoms with van der Waals surface area (Å²) in [5.41, 5.74) is 3.31. The number of rotatable bonds is 5. The molecule has 0 aliphatic heterocycles. The van der Waals surface area contributed by atoms with E-state index < -0.39 is 0 Å². The van der Waals surface area contributed by atoms with Crippen molar-refractivity contribution in [3.05, 3.63) is 59.7 Å². The minimum atomic E-state index is -0.319. The minimum absolute atomic E-state index is 0.0123. The predicted octanol–water partition coefficient (Wildman–Crippen LogP) is 4.32. The van der Waals surface area contributed by atoms with Crippen LogP contribution in [0.3, 0.4) is 0 Å². The van der Waals surface area contributed by atoms with Gasteiger partial charge < -0.3 is 10.3 Å². The van der Waals surface area contributed by atoms with Crippen molar-refractivity contribution >= 4 is 16.8 Å².